The van der Waals surface area contributed by atoms with Gasteiger partial charge in [0.15, 0.2) is 0 Å². The molecule has 2 aromatic heterocycles. The summed E-state index contributed by atoms with van der Waals surface area (Å²) in [7, 11) is 0. The largest absolute Gasteiger partial charge is 0.276 e. The number of anilines is 2. The molecule has 0 saturated heterocycles. The molecular weight excluding hydrogens is 444 g/mol. The van der Waals surface area contributed by atoms with E-state index >= 15 is 0 Å². The van der Waals surface area contributed by atoms with Crippen molar-refractivity contribution in [3.63, 3.8) is 0 Å². The molecule has 2 aromatic carbocycles. The Balaban J connectivity index is 1.34. The number of para-hydroxylation sites is 2. The lowest BCUT2D eigenvalue weighted by molar-refractivity contribution is 0.0911. The van der Waals surface area contributed by atoms with Crippen molar-refractivity contribution < 1.29 is 19.2 Å². The van der Waals surface area contributed by atoms with Gasteiger partial charge in [-0.2, -0.15) is 0 Å². The van der Waals surface area contributed by atoms with Crippen molar-refractivity contribution >= 4 is 57.7 Å². The summed E-state index contributed by atoms with van der Waals surface area (Å²) in [5.41, 5.74) is 1.74. The minimum atomic E-state index is -0.370. The topological polar surface area (TPSA) is 74.8 Å². The Kier molecular flexibility index (Phi) is 4.01. The van der Waals surface area contributed by atoms with Crippen LogP contribution < -0.4 is 9.80 Å². The first kappa shape index (κ1) is 18.9. The van der Waals surface area contributed by atoms with Crippen LogP contribution in [0.1, 0.15) is 40.1 Å². The summed E-state index contributed by atoms with van der Waals surface area (Å²) in [5.74, 6) is -1.46. The van der Waals surface area contributed by atoms with E-state index in [1.807, 2.05) is 12.1 Å². The minimum Gasteiger partial charge on any atom is -0.268 e. The lowest BCUT2D eigenvalue weighted by atomic mass is 10.2. The quantitative estimate of drug-likeness (QED) is 0.403. The second kappa shape index (κ2) is 6.81. The van der Waals surface area contributed by atoms with Crippen LogP contribution in [0.4, 0.5) is 11.4 Å². The van der Waals surface area contributed by atoms with Crippen LogP contribution in [0, 0.1) is 0 Å². The molecule has 0 saturated carbocycles. The summed E-state index contributed by atoms with van der Waals surface area (Å²) >= 11 is 2.41. The predicted octanol–water partition coefficient (Wildman–Crippen LogP) is 5.08. The Morgan fingerprint density at radius 1 is 0.500 bits per heavy atom. The lowest BCUT2D eigenvalue weighted by Gasteiger charge is -2.14. The second-order valence-electron chi connectivity index (χ2n) is 7.27. The first-order valence-corrected chi connectivity index (χ1v) is 11.3. The van der Waals surface area contributed by atoms with Gasteiger partial charge in [-0.3, -0.25) is 19.2 Å². The summed E-state index contributed by atoms with van der Waals surface area (Å²) in [6.07, 6.45) is 0. The maximum Gasteiger partial charge on any atom is 0.276 e. The van der Waals surface area contributed by atoms with Crippen molar-refractivity contribution in [1.82, 2.24) is 0 Å². The Hall–Kier alpha value is -3.88. The van der Waals surface area contributed by atoms with Gasteiger partial charge < -0.3 is 0 Å². The van der Waals surface area contributed by atoms with Crippen LogP contribution >= 0.6 is 22.7 Å². The molecule has 0 unspecified atom stereocenters. The van der Waals surface area contributed by atoms with Gasteiger partial charge in [0, 0.05) is 9.75 Å². The molecule has 0 N–H and O–H groups in total. The van der Waals surface area contributed by atoms with Crippen molar-refractivity contribution in [2.24, 2.45) is 0 Å². The highest BCUT2D eigenvalue weighted by Crippen LogP contribution is 2.44. The van der Waals surface area contributed by atoms with Crippen molar-refractivity contribution in [1.29, 1.82) is 0 Å². The standard InChI is InChI=1S/C24H12N2O4S2/c27-21-15-11-17(31-19(15)23(29)25(21)13-7-3-1-4-8-13)18-12-16-20(32-18)24(30)26(22(16)28)14-9-5-2-6-10-14/h1-12H. The Morgan fingerprint density at radius 2 is 0.875 bits per heavy atom. The summed E-state index contributed by atoms with van der Waals surface area (Å²) in [6.45, 7) is 0. The molecule has 0 fully saturated rings. The zero-order chi connectivity index (χ0) is 22.0. The summed E-state index contributed by atoms with van der Waals surface area (Å²) in [6, 6.07) is 20.9. The molecule has 4 amide bonds. The van der Waals surface area contributed by atoms with E-state index in [1.54, 1.807) is 60.7 Å². The molecule has 6 rings (SSSR count). The number of thiophene rings is 2. The summed E-state index contributed by atoms with van der Waals surface area (Å²) in [5, 5.41) is 0. The van der Waals surface area contributed by atoms with Crippen LogP contribution in [-0.4, -0.2) is 23.6 Å². The molecule has 0 aliphatic carbocycles. The van der Waals surface area contributed by atoms with Crippen LogP contribution in [0.25, 0.3) is 9.75 Å². The van der Waals surface area contributed by atoms with E-state index < -0.39 is 0 Å². The molecule has 0 bridgehead atoms. The average molecular weight is 457 g/mol. The summed E-state index contributed by atoms with van der Waals surface area (Å²) in [4.78, 5) is 56.0. The number of amides is 4. The van der Waals surface area contributed by atoms with Crippen molar-refractivity contribution in [2.45, 2.75) is 0 Å². The van der Waals surface area contributed by atoms with Crippen molar-refractivity contribution in [2.75, 3.05) is 9.80 Å². The van der Waals surface area contributed by atoms with Crippen LogP contribution in [0.15, 0.2) is 72.8 Å². The highest BCUT2D eigenvalue weighted by Gasteiger charge is 2.41. The Bertz CT molecular complexity index is 1280. The molecule has 0 spiro atoms. The number of benzene rings is 2. The van der Waals surface area contributed by atoms with Gasteiger partial charge in [0.2, 0.25) is 0 Å². The molecule has 32 heavy (non-hydrogen) atoms. The van der Waals surface area contributed by atoms with E-state index in [2.05, 4.69) is 0 Å². The normalized spacial score (nSPS) is 15.0. The van der Waals surface area contributed by atoms with Crippen LogP contribution in [-0.2, 0) is 0 Å². The smallest absolute Gasteiger partial charge is 0.268 e. The third-order valence-corrected chi connectivity index (χ3v) is 7.84. The van der Waals surface area contributed by atoms with E-state index in [-0.39, 0.29) is 23.6 Å². The number of hydrogen-bond donors (Lipinski definition) is 0. The van der Waals surface area contributed by atoms with Gasteiger partial charge in [-0.25, -0.2) is 9.80 Å². The van der Waals surface area contributed by atoms with Gasteiger partial charge in [0.25, 0.3) is 23.6 Å². The molecule has 4 aromatic rings. The molecular formula is C24H12N2O4S2. The van der Waals surface area contributed by atoms with E-state index in [9.17, 15) is 19.2 Å². The molecule has 4 heterocycles. The fourth-order valence-electron chi connectivity index (χ4n) is 3.91. The molecule has 6 nitrogen and oxygen atoms in total. The van der Waals surface area contributed by atoms with E-state index in [0.717, 1.165) is 0 Å². The van der Waals surface area contributed by atoms with Gasteiger partial charge in [0.05, 0.1) is 22.5 Å². The fourth-order valence-corrected chi connectivity index (χ4v) is 6.14. The summed E-state index contributed by atoms with van der Waals surface area (Å²) < 4.78 is 0. The van der Waals surface area contributed by atoms with Gasteiger partial charge >= 0.3 is 0 Å². The number of hydrogen-bond acceptors (Lipinski definition) is 6. The maximum atomic E-state index is 12.9. The zero-order valence-corrected chi connectivity index (χ0v) is 17.9. The van der Waals surface area contributed by atoms with Gasteiger partial charge in [-0.05, 0) is 36.4 Å². The van der Waals surface area contributed by atoms with E-state index in [4.69, 9.17) is 0 Å². The number of nitrogens with zero attached hydrogens (tertiary/aromatic N) is 2. The lowest BCUT2D eigenvalue weighted by Crippen LogP contribution is -2.29. The monoisotopic (exact) mass is 456 g/mol. The number of imide groups is 2. The third-order valence-electron chi connectivity index (χ3n) is 5.40. The van der Waals surface area contributed by atoms with Crippen molar-refractivity contribution in [3.05, 3.63) is 93.7 Å². The van der Waals surface area contributed by atoms with Crippen LogP contribution in [0.5, 0.6) is 0 Å². The van der Waals surface area contributed by atoms with Crippen LogP contribution in [0.2, 0.25) is 0 Å². The molecule has 154 valence electrons. The Morgan fingerprint density at radius 3 is 1.22 bits per heavy atom. The second-order valence-corrected chi connectivity index (χ2v) is 9.37. The minimum absolute atomic E-state index is 0.343. The number of rotatable bonds is 3. The number of carbonyl (C=O) groups is 4. The van der Waals surface area contributed by atoms with Gasteiger partial charge in [-0.15, -0.1) is 22.7 Å². The van der Waals surface area contributed by atoms with E-state index in [1.165, 1.54) is 32.5 Å². The third kappa shape index (κ3) is 2.57. The SMILES string of the molecule is O=C1c2cc(-c3cc4c(s3)C(=O)N(c3ccccc3)C4=O)sc2C(=O)N1c1ccccc1. The predicted molar refractivity (Wildman–Crippen MR) is 123 cm³/mol. The molecule has 0 atom stereocenters. The number of fused-ring (bicyclic) bond motifs is 2. The molecule has 2 aliphatic heterocycles. The van der Waals surface area contributed by atoms with Crippen LogP contribution in [0.3, 0.4) is 0 Å². The van der Waals surface area contributed by atoms with Gasteiger partial charge in [0.1, 0.15) is 9.75 Å². The Labute approximate surface area is 189 Å². The zero-order valence-electron chi connectivity index (χ0n) is 16.3. The first-order chi connectivity index (χ1) is 15.5. The molecule has 8 heteroatoms. The van der Waals surface area contributed by atoms with E-state index in [0.29, 0.717) is 42.0 Å². The first-order valence-electron chi connectivity index (χ1n) is 9.70. The van der Waals surface area contributed by atoms with Crippen molar-refractivity contribution in [3.8, 4) is 9.75 Å². The van der Waals surface area contributed by atoms with Gasteiger partial charge in [-0.1, -0.05) is 36.4 Å². The molecule has 2 aliphatic rings. The fraction of sp³-hybridized carbons (Fsp3) is 0. The highest BCUT2D eigenvalue weighted by atomic mass is 32.1. The highest BCUT2D eigenvalue weighted by molar-refractivity contribution is 7.24. The number of carbonyl (C=O) groups excluding carboxylic acids is 4. The maximum absolute atomic E-state index is 12.9. The molecule has 0 radical (unpaired) electrons. The average Bonchev–Trinajstić information content (AvgIpc) is 3.54.